The van der Waals surface area contributed by atoms with E-state index in [9.17, 15) is 9.59 Å². The van der Waals surface area contributed by atoms with Gasteiger partial charge in [0.1, 0.15) is 0 Å². The Kier molecular flexibility index (Phi) is 3.48. The van der Waals surface area contributed by atoms with Crippen LogP contribution in [0.3, 0.4) is 0 Å². The molecule has 0 N–H and O–H groups in total. The Morgan fingerprint density at radius 3 is 2.61 bits per heavy atom. The summed E-state index contributed by atoms with van der Waals surface area (Å²) in [7, 11) is 0. The number of fused-ring (bicyclic) bond motifs is 1. The van der Waals surface area contributed by atoms with Crippen molar-refractivity contribution in [2.75, 3.05) is 6.61 Å². The van der Waals surface area contributed by atoms with E-state index in [1.807, 2.05) is 32.0 Å². The number of aryl methyl sites for hydroxylation is 2. The maximum absolute atomic E-state index is 12.0. The van der Waals surface area contributed by atoms with Gasteiger partial charge < -0.3 is 4.74 Å². The van der Waals surface area contributed by atoms with E-state index >= 15 is 0 Å². The number of thiophene rings is 1. The molecule has 0 atom stereocenters. The van der Waals surface area contributed by atoms with E-state index in [0.29, 0.717) is 4.88 Å². The van der Waals surface area contributed by atoms with Crippen LogP contribution in [0.15, 0.2) is 18.2 Å². The van der Waals surface area contributed by atoms with Gasteiger partial charge in [-0.3, -0.25) is 4.79 Å². The van der Waals surface area contributed by atoms with E-state index in [1.54, 1.807) is 6.92 Å². The van der Waals surface area contributed by atoms with Gasteiger partial charge in [0.15, 0.2) is 0 Å². The molecule has 18 heavy (non-hydrogen) atoms. The van der Waals surface area contributed by atoms with E-state index in [1.165, 1.54) is 11.3 Å². The van der Waals surface area contributed by atoms with Gasteiger partial charge in [-0.15, -0.1) is 11.3 Å². The first-order valence-corrected chi connectivity index (χ1v) is 6.58. The number of hydrogen-bond acceptors (Lipinski definition) is 4. The Labute approximate surface area is 109 Å². The molecule has 94 valence electrons. The molecule has 3 nitrogen and oxygen atoms in total. The summed E-state index contributed by atoms with van der Waals surface area (Å²) in [6.07, 6.45) is 0. The Morgan fingerprint density at radius 1 is 1.28 bits per heavy atom. The average Bonchev–Trinajstić information content (AvgIpc) is 2.68. The average molecular weight is 262 g/mol. The molecule has 1 aromatic carbocycles. The first kappa shape index (κ1) is 12.8. The molecule has 2 rings (SSSR count). The van der Waals surface area contributed by atoms with Crippen LogP contribution < -0.4 is 0 Å². The van der Waals surface area contributed by atoms with Gasteiger partial charge in [0, 0.05) is 4.70 Å². The van der Waals surface area contributed by atoms with E-state index < -0.39 is 11.8 Å². The summed E-state index contributed by atoms with van der Waals surface area (Å²) in [5.41, 5.74) is 1.97. The topological polar surface area (TPSA) is 43.4 Å². The van der Waals surface area contributed by atoms with Crippen LogP contribution >= 0.6 is 11.3 Å². The number of hydrogen-bond donors (Lipinski definition) is 0. The second kappa shape index (κ2) is 4.90. The first-order chi connectivity index (χ1) is 8.56. The Morgan fingerprint density at radius 2 is 2.00 bits per heavy atom. The van der Waals surface area contributed by atoms with Crippen molar-refractivity contribution in [2.45, 2.75) is 20.8 Å². The summed E-state index contributed by atoms with van der Waals surface area (Å²) in [4.78, 5) is 23.9. The predicted octanol–water partition coefficient (Wildman–Crippen LogP) is 3.26. The van der Waals surface area contributed by atoms with E-state index in [0.717, 1.165) is 21.2 Å². The molecule has 0 aliphatic carbocycles. The number of rotatable bonds is 3. The fraction of sp³-hybridized carbons (Fsp3) is 0.286. The highest BCUT2D eigenvalue weighted by molar-refractivity contribution is 7.21. The van der Waals surface area contributed by atoms with Gasteiger partial charge in [-0.25, -0.2) is 4.79 Å². The zero-order chi connectivity index (χ0) is 13.3. The smallest absolute Gasteiger partial charge is 0.380 e. The summed E-state index contributed by atoms with van der Waals surface area (Å²) < 4.78 is 5.82. The minimum Gasteiger partial charge on any atom is -0.460 e. The number of Topliss-reactive ketones (excluding diaryl/α,β-unsaturated/α-hetero) is 1. The van der Waals surface area contributed by atoms with Crippen molar-refractivity contribution >= 4 is 33.2 Å². The highest BCUT2D eigenvalue weighted by Crippen LogP contribution is 2.33. The maximum atomic E-state index is 12.0. The van der Waals surface area contributed by atoms with Crippen molar-refractivity contribution < 1.29 is 14.3 Å². The SMILES string of the molecule is CCOC(=O)C(=O)c1sc2c(C)cccc2c1C. The molecule has 0 bridgehead atoms. The van der Waals surface area contributed by atoms with E-state index in [4.69, 9.17) is 4.74 Å². The molecule has 0 radical (unpaired) electrons. The predicted molar refractivity (Wildman–Crippen MR) is 72.3 cm³/mol. The van der Waals surface area contributed by atoms with Crippen LogP contribution in [0, 0.1) is 13.8 Å². The number of esters is 1. The lowest BCUT2D eigenvalue weighted by molar-refractivity contribution is -0.137. The second-order valence-corrected chi connectivity index (χ2v) is 5.08. The van der Waals surface area contributed by atoms with Crippen molar-refractivity contribution in [1.82, 2.24) is 0 Å². The standard InChI is InChI=1S/C14H14O3S/c1-4-17-14(16)11(15)13-9(3)10-7-5-6-8(2)12(10)18-13/h5-7H,4H2,1-3H3. The van der Waals surface area contributed by atoms with Crippen molar-refractivity contribution in [3.05, 3.63) is 34.2 Å². The van der Waals surface area contributed by atoms with Gasteiger partial charge >= 0.3 is 5.97 Å². The summed E-state index contributed by atoms with van der Waals surface area (Å²) in [6.45, 7) is 5.77. The highest BCUT2D eigenvalue weighted by atomic mass is 32.1. The highest BCUT2D eigenvalue weighted by Gasteiger charge is 2.23. The number of ketones is 1. The molecular weight excluding hydrogens is 248 g/mol. The molecule has 0 saturated carbocycles. The van der Waals surface area contributed by atoms with Crippen LogP contribution in [0.4, 0.5) is 0 Å². The molecule has 0 fully saturated rings. The largest absolute Gasteiger partial charge is 0.460 e. The minimum atomic E-state index is -0.773. The van der Waals surface area contributed by atoms with Crippen LogP contribution in [0.1, 0.15) is 27.7 Å². The lowest BCUT2D eigenvalue weighted by Gasteiger charge is -1.99. The van der Waals surface area contributed by atoms with Crippen molar-refractivity contribution in [2.24, 2.45) is 0 Å². The lowest BCUT2D eigenvalue weighted by atomic mass is 10.1. The summed E-state index contributed by atoms with van der Waals surface area (Å²) in [5.74, 6) is -1.32. The zero-order valence-electron chi connectivity index (χ0n) is 10.6. The van der Waals surface area contributed by atoms with Gasteiger partial charge in [-0.1, -0.05) is 18.2 Å². The summed E-state index contributed by atoms with van der Waals surface area (Å²) >= 11 is 1.36. The maximum Gasteiger partial charge on any atom is 0.380 e. The van der Waals surface area contributed by atoms with Crippen LogP contribution in [-0.4, -0.2) is 18.4 Å². The van der Waals surface area contributed by atoms with Gasteiger partial charge in [-0.2, -0.15) is 0 Å². The van der Waals surface area contributed by atoms with Gasteiger partial charge in [0.05, 0.1) is 11.5 Å². The Balaban J connectivity index is 2.52. The van der Waals surface area contributed by atoms with Crippen LogP contribution in [0.25, 0.3) is 10.1 Å². The first-order valence-electron chi connectivity index (χ1n) is 5.76. The third-order valence-corrected chi connectivity index (χ3v) is 4.27. The molecule has 1 aromatic heterocycles. The third kappa shape index (κ3) is 2.04. The number of benzene rings is 1. The molecule has 1 heterocycles. The monoisotopic (exact) mass is 262 g/mol. The summed E-state index contributed by atoms with van der Waals surface area (Å²) in [5, 5.41) is 1.03. The van der Waals surface area contributed by atoms with E-state index in [2.05, 4.69) is 0 Å². The zero-order valence-corrected chi connectivity index (χ0v) is 11.4. The molecule has 4 heteroatoms. The molecule has 0 spiro atoms. The van der Waals surface area contributed by atoms with Crippen molar-refractivity contribution in [1.29, 1.82) is 0 Å². The molecule has 0 saturated heterocycles. The van der Waals surface area contributed by atoms with Crippen molar-refractivity contribution in [3.63, 3.8) is 0 Å². The van der Waals surface area contributed by atoms with E-state index in [-0.39, 0.29) is 6.61 Å². The quantitative estimate of drug-likeness (QED) is 0.484. The normalized spacial score (nSPS) is 10.6. The fourth-order valence-electron chi connectivity index (χ4n) is 1.89. The number of carbonyl (C=O) groups is 2. The molecule has 2 aromatic rings. The molecular formula is C14H14O3S. The van der Waals surface area contributed by atoms with Gasteiger partial charge in [-0.05, 0) is 37.3 Å². The van der Waals surface area contributed by atoms with Crippen LogP contribution in [0.5, 0.6) is 0 Å². The molecule has 0 aliphatic rings. The Bertz CT molecular complexity index is 625. The van der Waals surface area contributed by atoms with Crippen LogP contribution in [0.2, 0.25) is 0 Å². The molecule has 0 amide bonds. The minimum absolute atomic E-state index is 0.216. The third-order valence-electron chi connectivity index (χ3n) is 2.83. The fourth-order valence-corrected chi connectivity index (χ4v) is 3.09. The van der Waals surface area contributed by atoms with Gasteiger partial charge in [0.2, 0.25) is 0 Å². The second-order valence-electron chi connectivity index (χ2n) is 4.06. The molecule has 0 unspecified atom stereocenters. The molecule has 0 aliphatic heterocycles. The van der Waals surface area contributed by atoms with Crippen molar-refractivity contribution in [3.8, 4) is 0 Å². The number of carbonyl (C=O) groups excluding carboxylic acids is 2. The lowest BCUT2D eigenvalue weighted by Crippen LogP contribution is -2.17. The summed E-state index contributed by atoms with van der Waals surface area (Å²) in [6, 6.07) is 5.92. The van der Waals surface area contributed by atoms with Crippen LogP contribution in [-0.2, 0) is 9.53 Å². The number of ether oxygens (including phenoxy) is 1. The Hall–Kier alpha value is -1.68. The van der Waals surface area contributed by atoms with Gasteiger partial charge in [0.25, 0.3) is 5.78 Å².